The van der Waals surface area contributed by atoms with Crippen LogP contribution in [0.2, 0.25) is 0 Å². The summed E-state index contributed by atoms with van der Waals surface area (Å²) in [5, 5.41) is 4.85. The first-order chi connectivity index (χ1) is 9.33. The molecule has 1 aromatic carbocycles. The molecule has 102 valence electrons. The van der Waals surface area contributed by atoms with Crippen LogP contribution < -0.4 is 5.32 Å². The van der Waals surface area contributed by atoms with Crippen molar-refractivity contribution in [3.05, 3.63) is 33.7 Å². The maximum absolute atomic E-state index is 5.41. The van der Waals surface area contributed by atoms with Gasteiger partial charge in [0.1, 0.15) is 0 Å². The Kier molecular flexibility index (Phi) is 3.87. The van der Waals surface area contributed by atoms with E-state index in [4.69, 9.17) is 4.74 Å². The van der Waals surface area contributed by atoms with Gasteiger partial charge in [0.25, 0.3) is 0 Å². The lowest BCUT2D eigenvalue weighted by molar-refractivity contribution is 0.185. The van der Waals surface area contributed by atoms with E-state index in [0.717, 1.165) is 19.7 Å². The molecule has 1 aliphatic carbocycles. The minimum atomic E-state index is 0.722. The normalized spacial score (nSPS) is 14.2. The van der Waals surface area contributed by atoms with E-state index in [2.05, 4.69) is 24.4 Å². The Hall–Kier alpha value is -0.900. The monoisotopic (exact) mass is 275 g/mol. The van der Waals surface area contributed by atoms with Crippen molar-refractivity contribution in [3.63, 3.8) is 0 Å². The minimum absolute atomic E-state index is 0.722. The summed E-state index contributed by atoms with van der Waals surface area (Å²) in [7, 11) is 1.79. The van der Waals surface area contributed by atoms with Crippen LogP contribution in [-0.2, 0) is 30.7 Å². The molecule has 1 heterocycles. The molecule has 1 N–H and O–H groups in total. The highest BCUT2D eigenvalue weighted by atomic mass is 32.1. The predicted octanol–water partition coefficient (Wildman–Crippen LogP) is 3.65. The van der Waals surface area contributed by atoms with E-state index in [1.165, 1.54) is 39.8 Å². The number of benzene rings is 1. The zero-order valence-corrected chi connectivity index (χ0v) is 12.5. The maximum atomic E-state index is 5.41. The molecule has 1 aliphatic rings. The van der Waals surface area contributed by atoms with Gasteiger partial charge in [0.2, 0.25) is 0 Å². The van der Waals surface area contributed by atoms with E-state index in [1.807, 2.05) is 11.3 Å². The fourth-order valence-corrected chi connectivity index (χ4v) is 4.18. The molecule has 0 bridgehead atoms. The molecule has 0 radical (unpaired) electrons. The number of thiophene rings is 1. The van der Waals surface area contributed by atoms with Crippen LogP contribution in [0.15, 0.2) is 12.1 Å². The zero-order valence-electron chi connectivity index (χ0n) is 11.7. The van der Waals surface area contributed by atoms with Gasteiger partial charge in [-0.2, -0.15) is 0 Å². The highest BCUT2D eigenvalue weighted by molar-refractivity contribution is 7.19. The Labute approximate surface area is 118 Å². The number of nitrogens with one attached hydrogen (secondary N) is 1. The second kappa shape index (κ2) is 5.61. The van der Waals surface area contributed by atoms with Gasteiger partial charge in [-0.15, -0.1) is 11.3 Å². The van der Waals surface area contributed by atoms with Crippen LogP contribution in [0.1, 0.15) is 34.9 Å². The van der Waals surface area contributed by atoms with Gasteiger partial charge >= 0.3 is 0 Å². The second-order valence-electron chi connectivity index (χ2n) is 5.19. The molecule has 0 amide bonds. The summed E-state index contributed by atoms with van der Waals surface area (Å²) in [6, 6.07) is 4.83. The van der Waals surface area contributed by atoms with Crippen LogP contribution in [0.3, 0.4) is 0 Å². The van der Waals surface area contributed by atoms with Crippen LogP contribution >= 0.6 is 11.3 Å². The molecule has 19 heavy (non-hydrogen) atoms. The fourth-order valence-electron chi connectivity index (χ4n) is 2.95. The Morgan fingerprint density at radius 1 is 1.26 bits per heavy atom. The molecule has 0 saturated heterocycles. The summed E-state index contributed by atoms with van der Waals surface area (Å²) >= 11 is 1.93. The lowest BCUT2D eigenvalue weighted by atomic mass is 10.0. The Morgan fingerprint density at radius 2 is 2.05 bits per heavy atom. The van der Waals surface area contributed by atoms with Crippen LogP contribution in [0.25, 0.3) is 10.1 Å². The van der Waals surface area contributed by atoms with Crippen molar-refractivity contribution in [1.82, 2.24) is 5.32 Å². The van der Waals surface area contributed by atoms with Crippen molar-refractivity contribution >= 4 is 21.4 Å². The lowest BCUT2D eigenvalue weighted by Gasteiger charge is -2.05. The summed E-state index contributed by atoms with van der Waals surface area (Å²) in [5.74, 6) is 0. The van der Waals surface area contributed by atoms with Gasteiger partial charge in [-0.1, -0.05) is 6.92 Å². The Bertz CT molecular complexity index is 588. The molecule has 2 aromatic rings. The van der Waals surface area contributed by atoms with Crippen LogP contribution in [0.4, 0.5) is 0 Å². The first-order valence-electron chi connectivity index (χ1n) is 7.09. The quantitative estimate of drug-likeness (QED) is 0.899. The van der Waals surface area contributed by atoms with Gasteiger partial charge in [-0.3, -0.25) is 0 Å². The van der Waals surface area contributed by atoms with Crippen molar-refractivity contribution in [2.24, 2.45) is 0 Å². The highest BCUT2D eigenvalue weighted by Crippen LogP contribution is 2.36. The van der Waals surface area contributed by atoms with E-state index in [0.29, 0.717) is 0 Å². The maximum Gasteiger partial charge on any atom is 0.0730 e. The first kappa shape index (κ1) is 13.1. The molecular weight excluding hydrogens is 254 g/mol. The van der Waals surface area contributed by atoms with E-state index < -0.39 is 0 Å². The lowest BCUT2D eigenvalue weighted by Crippen LogP contribution is -2.11. The fraction of sp³-hybridized carbons (Fsp3) is 0.500. The summed E-state index contributed by atoms with van der Waals surface area (Å²) < 4.78 is 6.84. The second-order valence-corrected chi connectivity index (χ2v) is 6.32. The molecule has 0 saturated carbocycles. The molecule has 0 spiro atoms. The Balaban J connectivity index is 2.08. The SMILES string of the molecule is CCNCc1sc2cc3c(cc2c1COC)CCC3. The number of aryl methyl sites for hydroxylation is 2. The topological polar surface area (TPSA) is 21.3 Å². The predicted molar refractivity (Wildman–Crippen MR) is 81.9 cm³/mol. The average molecular weight is 275 g/mol. The molecule has 3 heteroatoms. The smallest absolute Gasteiger partial charge is 0.0730 e. The third-order valence-corrected chi connectivity index (χ3v) is 5.11. The molecule has 0 aliphatic heterocycles. The number of hydrogen-bond acceptors (Lipinski definition) is 3. The molecule has 1 aromatic heterocycles. The summed E-state index contributed by atoms with van der Waals surface area (Å²) in [6.07, 6.45) is 3.82. The van der Waals surface area contributed by atoms with E-state index >= 15 is 0 Å². The van der Waals surface area contributed by atoms with E-state index in [-0.39, 0.29) is 0 Å². The van der Waals surface area contributed by atoms with E-state index in [9.17, 15) is 0 Å². The van der Waals surface area contributed by atoms with Gasteiger partial charge in [0.15, 0.2) is 0 Å². The number of methoxy groups -OCH3 is 1. The van der Waals surface area contributed by atoms with Gasteiger partial charge < -0.3 is 10.1 Å². The number of hydrogen-bond donors (Lipinski definition) is 1. The molecule has 0 fully saturated rings. The van der Waals surface area contributed by atoms with Crippen molar-refractivity contribution in [1.29, 1.82) is 0 Å². The standard InChI is InChI=1S/C16H21NOS/c1-3-17-9-16-14(10-18-2)13-7-11-5-4-6-12(11)8-15(13)19-16/h7-8,17H,3-6,9-10H2,1-2H3. The number of fused-ring (bicyclic) bond motifs is 2. The van der Waals surface area contributed by atoms with Gasteiger partial charge in [0, 0.05) is 28.8 Å². The van der Waals surface area contributed by atoms with Gasteiger partial charge in [0.05, 0.1) is 6.61 Å². The van der Waals surface area contributed by atoms with Gasteiger partial charge in [-0.25, -0.2) is 0 Å². The van der Waals surface area contributed by atoms with Crippen molar-refractivity contribution in [2.45, 2.75) is 39.3 Å². The van der Waals surface area contributed by atoms with Crippen LogP contribution in [-0.4, -0.2) is 13.7 Å². The third kappa shape index (κ3) is 2.42. The van der Waals surface area contributed by atoms with E-state index in [1.54, 1.807) is 18.2 Å². The van der Waals surface area contributed by atoms with Gasteiger partial charge in [-0.05, 0) is 54.5 Å². The molecular formula is C16H21NOS. The Morgan fingerprint density at radius 3 is 2.79 bits per heavy atom. The summed E-state index contributed by atoms with van der Waals surface area (Å²) in [6.45, 7) is 4.84. The molecule has 0 unspecified atom stereocenters. The first-order valence-corrected chi connectivity index (χ1v) is 7.90. The van der Waals surface area contributed by atoms with Crippen LogP contribution in [0.5, 0.6) is 0 Å². The highest BCUT2D eigenvalue weighted by Gasteiger charge is 2.17. The third-order valence-electron chi connectivity index (χ3n) is 3.91. The van der Waals surface area contributed by atoms with Crippen molar-refractivity contribution in [3.8, 4) is 0 Å². The molecule has 0 atom stereocenters. The largest absolute Gasteiger partial charge is 0.380 e. The molecule has 2 nitrogen and oxygen atoms in total. The zero-order chi connectivity index (χ0) is 13.2. The summed E-state index contributed by atoms with van der Waals surface area (Å²) in [5.41, 5.74) is 4.50. The number of rotatable bonds is 5. The van der Waals surface area contributed by atoms with Crippen molar-refractivity contribution < 1.29 is 4.74 Å². The molecule has 3 rings (SSSR count). The summed E-state index contributed by atoms with van der Waals surface area (Å²) in [4.78, 5) is 1.43. The minimum Gasteiger partial charge on any atom is -0.380 e. The average Bonchev–Trinajstić information content (AvgIpc) is 2.99. The number of ether oxygens (including phenoxy) is 1. The van der Waals surface area contributed by atoms with Crippen molar-refractivity contribution in [2.75, 3.05) is 13.7 Å². The van der Waals surface area contributed by atoms with Crippen LogP contribution in [0, 0.1) is 0 Å².